The molecule has 96 valence electrons. The maximum atomic E-state index is 3.89. The van der Waals surface area contributed by atoms with Crippen LogP contribution in [0.5, 0.6) is 0 Å². The maximum Gasteiger partial charge on any atom is 0.0445 e. The first kappa shape index (κ1) is 13.1. The van der Waals surface area contributed by atoms with Crippen molar-refractivity contribution in [1.82, 2.24) is 5.32 Å². The van der Waals surface area contributed by atoms with E-state index in [1.807, 2.05) is 11.3 Å². The SMILES string of the molecule is CCC(CC)C(C)NC(c1cccs1)C1CC1. The van der Waals surface area contributed by atoms with Gasteiger partial charge in [-0.05, 0) is 43.0 Å². The van der Waals surface area contributed by atoms with Gasteiger partial charge in [-0.2, -0.15) is 0 Å². The van der Waals surface area contributed by atoms with Crippen LogP contribution in [0, 0.1) is 11.8 Å². The number of hydrogen-bond donors (Lipinski definition) is 1. The molecule has 1 nitrogen and oxygen atoms in total. The predicted octanol–water partition coefficient (Wildman–Crippen LogP) is 4.61. The predicted molar refractivity (Wildman–Crippen MR) is 76.5 cm³/mol. The van der Waals surface area contributed by atoms with Crippen LogP contribution >= 0.6 is 11.3 Å². The van der Waals surface area contributed by atoms with Crippen molar-refractivity contribution < 1.29 is 0 Å². The van der Waals surface area contributed by atoms with Crippen LogP contribution in [0.15, 0.2) is 17.5 Å². The molecule has 1 heterocycles. The van der Waals surface area contributed by atoms with Crippen molar-refractivity contribution >= 4 is 11.3 Å². The van der Waals surface area contributed by atoms with Crippen molar-refractivity contribution in [3.8, 4) is 0 Å². The molecule has 1 saturated carbocycles. The Labute approximate surface area is 110 Å². The van der Waals surface area contributed by atoms with Crippen LogP contribution in [0.25, 0.3) is 0 Å². The lowest BCUT2D eigenvalue weighted by atomic mass is 9.94. The zero-order valence-electron chi connectivity index (χ0n) is 11.3. The maximum absolute atomic E-state index is 3.89. The third kappa shape index (κ3) is 3.32. The van der Waals surface area contributed by atoms with Crippen LogP contribution < -0.4 is 5.32 Å². The average molecular weight is 251 g/mol. The van der Waals surface area contributed by atoms with Crippen LogP contribution in [0.1, 0.15) is 57.4 Å². The molecule has 1 N–H and O–H groups in total. The van der Waals surface area contributed by atoms with Gasteiger partial charge in [0.2, 0.25) is 0 Å². The highest BCUT2D eigenvalue weighted by atomic mass is 32.1. The molecule has 0 radical (unpaired) electrons. The largest absolute Gasteiger partial charge is 0.306 e. The summed E-state index contributed by atoms with van der Waals surface area (Å²) < 4.78 is 0. The molecule has 1 aliphatic carbocycles. The second kappa shape index (κ2) is 6.01. The molecule has 1 aromatic heterocycles. The van der Waals surface area contributed by atoms with Crippen LogP contribution in [0.3, 0.4) is 0 Å². The number of nitrogens with one attached hydrogen (secondary N) is 1. The van der Waals surface area contributed by atoms with Gasteiger partial charge in [0.05, 0.1) is 0 Å². The van der Waals surface area contributed by atoms with Crippen molar-refractivity contribution in [3.63, 3.8) is 0 Å². The highest BCUT2D eigenvalue weighted by molar-refractivity contribution is 7.10. The third-order valence-electron chi connectivity index (χ3n) is 4.14. The second-order valence-corrected chi connectivity index (χ2v) is 6.34. The smallest absolute Gasteiger partial charge is 0.0445 e. The first-order valence-corrected chi connectivity index (χ1v) is 7.93. The highest BCUT2D eigenvalue weighted by Crippen LogP contribution is 2.42. The van der Waals surface area contributed by atoms with E-state index in [9.17, 15) is 0 Å². The number of rotatable bonds is 7. The topological polar surface area (TPSA) is 12.0 Å². The average Bonchev–Trinajstić information content (AvgIpc) is 3.02. The molecule has 0 saturated heterocycles. The molecule has 0 amide bonds. The minimum absolute atomic E-state index is 0.616. The summed E-state index contributed by atoms with van der Waals surface area (Å²) in [5, 5.41) is 6.10. The van der Waals surface area contributed by atoms with Gasteiger partial charge in [-0.25, -0.2) is 0 Å². The molecule has 1 aliphatic rings. The van der Waals surface area contributed by atoms with Gasteiger partial charge < -0.3 is 5.32 Å². The Bertz CT molecular complexity index is 312. The summed E-state index contributed by atoms with van der Waals surface area (Å²) in [6, 6.07) is 5.72. The molecule has 2 rings (SSSR count). The molecule has 1 fully saturated rings. The van der Waals surface area contributed by atoms with Crippen molar-refractivity contribution in [3.05, 3.63) is 22.4 Å². The van der Waals surface area contributed by atoms with Crippen molar-refractivity contribution in [2.75, 3.05) is 0 Å². The fourth-order valence-corrected chi connectivity index (χ4v) is 3.64. The van der Waals surface area contributed by atoms with Gasteiger partial charge in [0, 0.05) is 17.0 Å². The summed E-state index contributed by atoms with van der Waals surface area (Å²) in [7, 11) is 0. The third-order valence-corrected chi connectivity index (χ3v) is 5.10. The van der Waals surface area contributed by atoms with Crippen molar-refractivity contribution in [1.29, 1.82) is 0 Å². The Balaban J connectivity index is 1.98. The quantitative estimate of drug-likeness (QED) is 0.746. The molecule has 2 heteroatoms. The van der Waals surface area contributed by atoms with Gasteiger partial charge in [0.1, 0.15) is 0 Å². The van der Waals surface area contributed by atoms with Crippen molar-refractivity contribution in [2.24, 2.45) is 11.8 Å². The second-order valence-electron chi connectivity index (χ2n) is 5.36. The highest BCUT2D eigenvalue weighted by Gasteiger charge is 2.34. The minimum atomic E-state index is 0.616. The number of thiophene rings is 1. The van der Waals surface area contributed by atoms with E-state index < -0.39 is 0 Å². The Hall–Kier alpha value is -0.340. The lowest BCUT2D eigenvalue weighted by Gasteiger charge is -2.28. The fourth-order valence-electron chi connectivity index (χ4n) is 2.76. The van der Waals surface area contributed by atoms with Gasteiger partial charge in [-0.15, -0.1) is 11.3 Å². The van der Waals surface area contributed by atoms with Crippen LogP contribution in [-0.2, 0) is 0 Å². The van der Waals surface area contributed by atoms with E-state index >= 15 is 0 Å². The van der Waals surface area contributed by atoms with E-state index in [1.165, 1.54) is 30.6 Å². The standard InChI is InChI=1S/C15H25NS/c1-4-12(5-2)11(3)16-15(13-8-9-13)14-7-6-10-17-14/h6-7,10-13,15-16H,4-5,8-9H2,1-3H3. The van der Waals surface area contributed by atoms with Crippen LogP contribution in [0.4, 0.5) is 0 Å². The first-order valence-electron chi connectivity index (χ1n) is 7.05. The molecule has 0 bridgehead atoms. The van der Waals surface area contributed by atoms with Gasteiger partial charge in [-0.3, -0.25) is 0 Å². The fraction of sp³-hybridized carbons (Fsp3) is 0.733. The molecule has 1 aromatic rings. The summed E-state index contributed by atoms with van der Waals surface area (Å²) in [5.41, 5.74) is 0. The van der Waals surface area contributed by atoms with E-state index in [4.69, 9.17) is 0 Å². The molecule has 0 aromatic carbocycles. The zero-order chi connectivity index (χ0) is 12.3. The Kier molecular flexibility index (Phi) is 4.63. The first-order chi connectivity index (χ1) is 8.26. The molecule has 2 atom stereocenters. The summed E-state index contributed by atoms with van der Waals surface area (Å²) in [6.45, 7) is 6.98. The van der Waals surface area contributed by atoms with Gasteiger partial charge >= 0.3 is 0 Å². The zero-order valence-corrected chi connectivity index (χ0v) is 12.1. The molecule has 17 heavy (non-hydrogen) atoms. The summed E-state index contributed by atoms with van der Waals surface area (Å²) >= 11 is 1.91. The Morgan fingerprint density at radius 1 is 1.35 bits per heavy atom. The van der Waals surface area contributed by atoms with Gasteiger partial charge in [0.25, 0.3) is 0 Å². The van der Waals surface area contributed by atoms with E-state index in [0.717, 1.165) is 11.8 Å². The summed E-state index contributed by atoms with van der Waals surface area (Å²) in [6.07, 6.45) is 5.38. The van der Waals surface area contributed by atoms with Crippen LogP contribution in [0.2, 0.25) is 0 Å². The molecule has 2 unspecified atom stereocenters. The van der Waals surface area contributed by atoms with E-state index in [0.29, 0.717) is 12.1 Å². The lowest BCUT2D eigenvalue weighted by Crippen LogP contribution is -2.36. The van der Waals surface area contributed by atoms with Crippen molar-refractivity contribution in [2.45, 2.75) is 58.5 Å². The van der Waals surface area contributed by atoms with E-state index in [1.54, 1.807) is 0 Å². The summed E-state index contributed by atoms with van der Waals surface area (Å²) in [5.74, 6) is 1.71. The number of hydrogen-bond acceptors (Lipinski definition) is 2. The Morgan fingerprint density at radius 2 is 2.06 bits per heavy atom. The lowest BCUT2D eigenvalue weighted by molar-refractivity contribution is 0.311. The molecule has 0 aliphatic heterocycles. The van der Waals surface area contributed by atoms with Gasteiger partial charge in [0.15, 0.2) is 0 Å². The molecular formula is C15H25NS. The summed E-state index contributed by atoms with van der Waals surface area (Å²) in [4.78, 5) is 1.53. The monoisotopic (exact) mass is 251 g/mol. The van der Waals surface area contributed by atoms with Crippen LogP contribution in [-0.4, -0.2) is 6.04 Å². The van der Waals surface area contributed by atoms with Gasteiger partial charge in [-0.1, -0.05) is 32.8 Å². The molecule has 0 spiro atoms. The van der Waals surface area contributed by atoms with E-state index in [2.05, 4.69) is 43.6 Å². The normalized spacial score (nSPS) is 19.5. The Morgan fingerprint density at radius 3 is 2.53 bits per heavy atom. The molecular weight excluding hydrogens is 226 g/mol. The van der Waals surface area contributed by atoms with E-state index in [-0.39, 0.29) is 0 Å². The minimum Gasteiger partial charge on any atom is -0.306 e.